The van der Waals surface area contributed by atoms with Crippen LogP contribution in [0.3, 0.4) is 0 Å². The summed E-state index contributed by atoms with van der Waals surface area (Å²) < 4.78 is 0. The van der Waals surface area contributed by atoms with Crippen LogP contribution < -0.4 is 0 Å². The van der Waals surface area contributed by atoms with Gasteiger partial charge in [-0.05, 0) is 24.1 Å². The molecule has 0 radical (unpaired) electrons. The van der Waals surface area contributed by atoms with Crippen molar-refractivity contribution in [1.82, 2.24) is 4.98 Å². The average Bonchev–Trinajstić information content (AvgIpc) is 2.31. The normalized spacial score (nSPS) is 12.1. The van der Waals surface area contributed by atoms with Crippen LogP contribution in [0, 0.1) is 6.92 Å². The monoisotopic (exact) mass is 211 g/mol. The van der Waals surface area contributed by atoms with Crippen molar-refractivity contribution in [2.75, 3.05) is 0 Å². The minimum Gasteiger partial charge on any atom is -0.302 e. The van der Waals surface area contributed by atoms with Gasteiger partial charge in [-0.25, -0.2) is 0 Å². The summed E-state index contributed by atoms with van der Waals surface area (Å²) in [6.45, 7) is 2.02. The predicted molar refractivity (Wildman–Crippen MR) is 63.3 cm³/mol. The SMILES string of the molecule is Cc1cccc(C(C=O)c2cccnc2)c1. The molecular weight excluding hydrogens is 198 g/mol. The molecule has 0 bridgehead atoms. The molecule has 0 aliphatic rings. The summed E-state index contributed by atoms with van der Waals surface area (Å²) in [7, 11) is 0. The largest absolute Gasteiger partial charge is 0.302 e. The molecule has 1 atom stereocenters. The molecule has 2 aromatic rings. The number of hydrogen-bond donors (Lipinski definition) is 0. The van der Waals surface area contributed by atoms with Crippen molar-refractivity contribution >= 4 is 6.29 Å². The molecule has 0 spiro atoms. The first-order chi connectivity index (χ1) is 7.81. The van der Waals surface area contributed by atoms with Crippen molar-refractivity contribution in [2.24, 2.45) is 0 Å². The molecular formula is C14H13NO. The maximum atomic E-state index is 11.2. The smallest absolute Gasteiger partial charge is 0.131 e. The Morgan fingerprint density at radius 1 is 1.19 bits per heavy atom. The molecule has 0 aliphatic heterocycles. The van der Waals surface area contributed by atoms with E-state index >= 15 is 0 Å². The maximum absolute atomic E-state index is 11.2. The van der Waals surface area contributed by atoms with Crippen LogP contribution in [0.1, 0.15) is 22.6 Å². The van der Waals surface area contributed by atoms with Crippen molar-refractivity contribution in [3.63, 3.8) is 0 Å². The lowest BCUT2D eigenvalue weighted by molar-refractivity contribution is -0.108. The first-order valence-corrected chi connectivity index (χ1v) is 5.23. The van der Waals surface area contributed by atoms with E-state index in [1.807, 2.05) is 43.3 Å². The van der Waals surface area contributed by atoms with Gasteiger partial charge < -0.3 is 4.79 Å². The maximum Gasteiger partial charge on any atom is 0.131 e. The van der Waals surface area contributed by atoms with Crippen LogP contribution in [0.4, 0.5) is 0 Å². The Kier molecular flexibility index (Phi) is 3.10. The molecule has 2 rings (SSSR count). The molecule has 0 saturated heterocycles. The lowest BCUT2D eigenvalue weighted by atomic mass is 9.93. The third kappa shape index (κ3) is 2.16. The van der Waals surface area contributed by atoms with E-state index in [1.165, 1.54) is 0 Å². The number of benzene rings is 1. The number of nitrogens with zero attached hydrogens (tertiary/aromatic N) is 1. The second kappa shape index (κ2) is 4.71. The van der Waals surface area contributed by atoms with Gasteiger partial charge >= 0.3 is 0 Å². The van der Waals surface area contributed by atoms with E-state index < -0.39 is 0 Å². The lowest BCUT2D eigenvalue weighted by Gasteiger charge is -2.11. The molecule has 0 aliphatic carbocycles. The van der Waals surface area contributed by atoms with E-state index in [2.05, 4.69) is 4.98 Å². The fourth-order valence-electron chi connectivity index (χ4n) is 1.77. The highest BCUT2D eigenvalue weighted by Gasteiger charge is 2.12. The number of aromatic nitrogens is 1. The molecule has 2 nitrogen and oxygen atoms in total. The second-order valence-corrected chi connectivity index (χ2v) is 3.81. The van der Waals surface area contributed by atoms with Crippen LogP contribution >= 0.6 is 0 Å². The van der Waals surface area contributed by atoms with Gasteiger partial charge in [0.25, 0.3) is 0 Å². The van der Waals surface area contributed by atoms with Crippen molar-refractivity contribution in [3.05, 3.63) is 65.5 Å². The van der Waals surface area contributed by atoms with Gasteiger partial charge in [0.05, 0.1) is 5.92 Å². The summed E-state index contributed by atoms with van der Waals surface area (Å²) >= 11 is 0. The summed E-state index contributed by atoms with van der Waals surface area (Å²) in [6, 6.07) is 11.8. The number of aldehydes is 1. The van der Waals surface area contributed by atoms with Gasteiger partial charge in [-0.2, -0.15) is 0 Å². The Labute approximate surface area is 95.0 Å². The summed E-state index contributed by atoms with van der Waals surface area (Å²) in [5.41, 5.74) is 3.11. The van der Waals surface area contributed by atoms with Crippen LogP contribution in [0.2, 0.25) is 0 Å². The van der Waals surface area contributed by atoms with Crippen molar-refractivity contribution in [3.8, 4) is 0 Å². The Morgan fingerprint density at radius 2 is 2.00 bits per heavy atom. The summed E-state index contributed by atoms with van der Waals surface area (Å²) in [6.07, 6.45) is 4.41. The zero-order chi connectivity index (χ0) is 11.4. The van der Waals surface area contributed by atoms with Crippen LogP contribution in [-0.2, 0) is 4.79 Å². The zero-order valence-corrected chi connectivity index (χ0v) is 9.13. The van der Waals surface area contributed by atoms with Crippen molar-refractivity contribution in [2.45, 2.75) is 12.8 Å². The number of pyridine rings is 1. The van der Waals surface area contributed by atoms with Crippen LogP contribution in [0.5, 0.6) is 0 Å². The van der Waals surface area contributed by atoms with Crippen LogP contribution in [0.15, 0.2) is 48.8 Å². The highest BCUT2D eigenvalue weighted by atomic mass is 16.1. The lowest BCUT2D eigenvalue weighted by Crippen LogP contribution is -2.02. The van der Waals surface area contributed by atoms with Crippen LogP contribution in [0.25, 0.3) is 0 Å². The van der Waals surface area contributed by atoms with Crippen molar-refractivity contribution < 1.29 is 4.79 Å². The number of hydrogen-bond acceptors (Lipinski definition) is 2. The van der Waals surface area contributed by atoms with E-state index in [0.29, 0.717) is 0 Å². The fourth-order valence-corrected chi connectivity index (χ4v) is 1.77. The molecule has 1 heterocycles. The van der Waals surface area contributed by atoms with E-state index in [4.69, 9.17) is 0 Å². The first-order valence-electron chi connectivity index (χ1n) is 5.23. The Hall–Kier alpha value is -1.96. The van der Waals surface area contributed by atoms with Gasteiger partial charge in [0.15, 0.2) is 0 Å². The first kappa shape index (κ1) is 10.6. The minimum absolute atomic E-state index is 0.214. The number of rotatable bonds is 3. The van der Waals surface area contributed by atoms with E-state index in [0.717, 1.165) is 23.0 Å². The molecule has 80 valence electrons. The van der Waals surface area contributed by atoms with Crippen molar-refractivity contribution in [1.29, 1.82) is 0 Å². The molecule has 1 unspecified atom stereocenters. The number of aryl methyl sites for hydroxylation is 1. The Balaban J connectivity index is 2.41. The quantitative estimate of drug-likeness (QED) is 0.731. The molecule has 1 aromatic carbocycles. The van der Waals surface area contributed by atoms with Gasteiger partial charge in [-0.1, -0.05) is 35.9 Å². The molecule has 16 heavy (non-hydrogen) atoms. The Bertz CT molecular complexity index is 479. The fraction of sp³-hybridized carbons (Fsp3) is 0.143. The van der Waals surface area contributed by atoms with Gasteiger partial charge in [0.2, 0.25) is 0 Å². The minimum atomic E-state index is -0.214. The highest BCUT2D eigenvalue weighted by Crippen LogP contribution is 2.22. The molecule has 0 amide bonds. The third-order valence-electron chi connectivity index (χ3n) is 2.58. The van der Waals surface area contributed by atoms with E-state index in [-0.39, 0.29) is 5.92 Å². The molecule has 0 fully saturated rings. The van der Waals surface area contributed by atoms with Gasteiger partial charge in [0, 0.05) is 12.4 Å². The predicted octanol–water partition coefficient (Wildman–Crippen LogP) is 2.72. The van der Waals surface area contributed by atoms with Crippen LogP contribution in [-0.4, -0.2) is 11.3 Å². The van der Waals surface area contributed by atoms with Gasteiger partial charge in [-0.3, -0.25) is 4.98 Å². The van der Waals surface area contributed by atoms with E-state index in [9.17, 15) is 4.79 Å². The number of carbonyl (C=O) groups is 1. The van der Waals surface area contributed by atoms with Gasteiger partial charge in [-0.15, -0.1) is 0 Å². The summed E-state index contributed by atoms with van der Waals surface area (Å²) in [5.74, 6) is -0.214. The number of carbonyl (C=O) groups excluding carboxylic acids is 1. The third-order valence-corrected chi connectivity index (χ3v) is 2.58. The zero-order valence-electron chi connectivity index (χ0n) is 9.13. The summed E-state index contributed by atoms with van der Waals surface area (Å²) in [5, 5.41) is 0. The molecule has 0 N–H and O–H groups in total. The second-order valence-electron chi connectivity index (χ2n) is 3.81. The topological polar surface area (TPSA) is 30.0 Å². The van der Waals surface area contributed by atoms with E-state index in [1.54, 1.807) is 12.4 Å². The molecule has 2 heteroatoms. The summed E-state index contributed by atoms with van der Waals surface area (Å²) in [4.78, 5) is 15.2. The standard InChI is InChI=1S/C14H13NO/c1-11-4-2-5-12(8-11)14(10-16)13-6-3-7-15-9-13/h2-10,14H,1H3. The van der Waals surface area contributed by atoms with Gasteiger partial charge in [0.1, 0.15) is 6.29 Å². The highest BCUT2D eigenvalue weighted by molar-refractivity contribution is 5.68. The Morgan fingerprint density at radius 3 is 2.62 bits per heavy atom. The average molecular weight is 211 g/mol. The molecule has 0 saturated carbocycles. The molecule has 1 aromatic heterocycles.